The quantitative estimate of drug-likeness (QED) is 0.686. The van der Waals surface area contributed by atoms with Gasteiger partial charge in [0, 0.05) is 12.2 Å². The molecule has 1 heteroatoms. The third-order valence-corrected chi connectivity index (χ3v) is 3.97. The van der Waals surface area contributed by atoms with Gasteiger partial charge in [0.15, 0.2) is 0 Å². The lowest BCUT2D eigenvalue weighted by atomic mass is 10.0. The summed E-state index contributed by atoms with van der Waals surface area (Å²) in [7, 11) is 0. The normalized spacial score (nSPS) is 10.7. The molecule has 1 nitrogen and oxygen atoms in total. The first kappa shape index (κ1) is 13.7. The molecule has 0 spiro atoms. The molecule has 0 aliphatic carbocycles. The van der Waals surface area contributed by atoms with Crippen molar-refractivity contribution in [2.24, 2.45) is 0 Å². The van der Waals surface area contributed by atoms with Crippen LogP contribution >= 0.6 is 0 Å². The van der Waals surface area contributed by atoms with Gasteiger partial charge in [0.1, 0.15) is 0 Å². The third-order valence-electron chi connectivity index (χ3n) is 3.97. The maximum Gasteiger partial charge on any atom is 0.0340 e. The van der Waals surface area contributed by atoms with Crippen molar-refractivity contribution in [3.05, 3.63) is 77.9 Å². The van der Waals surface area contributed by atoms with Crippen molar-refractivity contribution >= 4 is 16.5 Å². The van der Waals surface area contributed by atoms with Crippen LogP contribution in [0.3, 0.4) is 0 Å². The molecule has 0 bridgehead atoms. The number of anilines is 1. The fraction of sp³-hybridized carbons (Fsp3) is 0.200. The Morgan fingerprint density at radius 3 is 2.38 bits per heavy atom. The van der Waals surface area contributed by atoms with Crippen LogP contribution in [0.4, 0.5) is 5.69 Å². The summed E-state index contributed by atoms with van der Waals surface area (Å²) in [5.41, 5.74) is 3.99. The van der Waals surface area contributed by atoms with Gasteiger partial charge in [0.25, 0.3) is 0 Å². The van der Waals surface area contributed by atoms with Crippen molar-refractivity contribution < 1.29 is 0 Å². The molecule has 21 heavy (non-hydrogen) atoms. The van der Waals surface area contributed by atoms with Crippen LogP contribution in [0.25, 0.3) is 10.8 Å². The Hall–Kier alpha value is -2.28. The van der Waals surface area contributed by atoms with Gasteiger partial charge in [-0.15, -0.1) is 0 Å². The first-order chi connectivity index (χ1) is 10.4. The smallest absolute Gasteiger partial charge is 0.0340 e. The Kier molecular flexibility index (Phi) is 4.20. The summed E-state index contributed by atoms with van der Waals surface area (Å²) >= 11 is 0. The minimum absolute atomic E-state index is 0.958. The van der Waals surface area contributed by atoms with E-state index in [1.54, 1.807) is 0 Å². The van der Waals surface area contributed by atoms with Crippen LogP contribution in [0.5, 0.6) is 0 Å². The summed E-state index contributed by atoms with van der Waals surface area (Å²) in [6.07, 6.45) is 2.13. The number of rotatable bonds is 5. The molecule has 106 valence electrons. The highest BCUT2D eigenvalue weighted by atomic mass is 14.9. The Balaban J connectivity index is 1.66. The Morgan fingerprint density at radius 1 is 0.810 bits per heavy atom. The number of fused-ring (bicyclic) bond motifs is 1. The molecule has 0 saturated carbocycles. The number of hydrogen-bond acceptors (Lipinski definition) is 1. The number of nitrogens with one attached hydrogen (secondary N) is 1. The molecule has 0 heterocycles. The number of benzene rings is 3. The number of hydrogen-bond donors (Lipinski definition) is 1. The summed E-state index contributed by atoms with van der Waals surface area (Å²) in [5.74, 6) is 0. The van der Waals surface area contributed by atoms with E-state index in [1.165, 1.54) is 27.6 Å². The summed E-state index contributed by atoms with van der Waals surface area (Å²) in [5, 5.41) is 6.19. The lowest BCUT2D eigenvalue weighted by Gasteiger charge is -2.09. The molecular formula is C20H21N. The topological polar surface area (TPSA) is 12.0 Å². The van der Waals surface area contributed by atoms with E-state index < -0.39 is 0 Å². The van der Waals surface area contributed by atoms with E-state index in [1.807, 2.05) is 0 Å². The van der Waals surface area contributed by atoms with Crippen molar-refractivity contribution in [3.8, 4) is 0 Å². The van der Waals surface area contributed by atoms with Gasteiger partial charge in [-0.1, -0.05) is 61.5 Å². The average Bonchev–Trinajstić information content (AvgIpc) is 2.56. The van der Waals surface area contributed by atoms with E-state index in [-0.39, 0.29) is 0 Å². The molecule has 0 saturated heterocycles. The zero-order chi connectivity index (χ0) is 14.5. The van der Waals surface area contributed by atoms with Gasteiger partial charge < -0.3 is 5.32 Å². The van der Waals surface area contributed by atoms with Gasteiger partial charge in [0.05, 0.1) is 0 Å². The van der Waals surface area contributed by atoms with Gasteiger partial charge in [0.2, 0.25) is 0 Å². The first-order valence-corrected chi connectivity index (χ1v) is 7.66. The largest absolute Gasteiger partial charge is 0.385 e. The van der Waals surface area contributed by atoms with Gasteiger partial charge in [-0.25, -0.2) is 0 Å². The van der Waals surface area contributed by atoms with E-state index in [4.69, 9.17) is 0 Å². The molecule has 0 radical (unpaired) electrons. The zero-order valence-corrected chi connectivity index (χ0v) is 12.5. The van der Waals surface area contributed by atoms with Crippen molar-refractivity contribution in [3.63, 3.8) is 0 Å². The van der Waals surface area contributed by atoms with Gasteiger partial charge >= 0.3 is 0 Å². The van der Waals surface area contributed by atoms with Crippen molar-refractivity contribution in [1.29, 1.82) is 0 Å². The lowest BCUT2D eigenvalue weighted by molar-refractivity contribution is 1.03. The highest BCUT2D eigenvalue weighted by Gasteiger charge is 2.00. The molecule has 0 aromatic heterocycles. The fourth-order valence-electron chi connectivity index (χ4n) is 2.71. The van der Waals surface area contributed by atoms with Crippen molar-refractivity contribution in [2.75, 3.05) is 11.9 Å². The first-order valence-electron chi connectivity index (χ1n) is 7.66. The second-order valence-electron chi connectivity index (χ2n) is 5.37. The zero-order valence-electron chi connectivity index (χ0n) is 12.5. The highest BCUT2D eigenvalue weighted by molar-refractivity contribution is 5.85. The summed E-state index contributed by atoms with van der Waals surface area (Å²) in [6.45, 7) is 3.14. The van der Waals surface area contributed by atoms with E-state index in [0.29, 0.717) is 0 Å². The standard InChI is InChI=1S/C20H21N/c1-2-16-10-12-19(13-11-16)21-15-14-18-8-5-7-17-6-3-4-9-20(17)18/h3-13,21H,2,14-15H2,1H3. The minimum Gasteiger partial charge on any atom is -0.385 e. The highest BCUT2D eigenvalue weighted by Crippen LogP contribution is 2.19. The molecule has 0 aliphatic rings. The van der Waals surface area contributed by atoms with Crippen molar-refractivity contribution in [2.45, 2.75) is 19.8 Å². The monoisotopic (exact) mass is 275 g/mol. The molecule has 0 atom stereocenters. The summed E-state index contributed by atoms with van der Waals surface area (Å²) in [6, 6.07) is 23.9. The summed E-state index contributed by atoms with van der Waals surface area (Å²) < 4.78 is 0. The lowest BCUT2D eigenvalue weighted by Crippen LogP contribution is -2.05. The number of aryl methyl sites for hydroxylation is 1. The van der Waals surface area contributed by atoms with Crippen LogP contribution in [0.1, 0.15) is 18.1 Å². The van der Waals surface area contributed by atoms with Crippen molar-refractivity contribution in [1.82, 2.24) is 0 Å². The fourth-order valence-corrected chi connectivity index (χ4v) is 2.71. The average molecular weight is 275 g/mol. The molecular weight excluding hydrogens is 254 g/mol. The van der Waals surface area contributed by atoms with Gasteiger partial charge in [-0.2, -0.15) is 0 Å². The molecule has 0 aliphatic heterocycles. The molecule has 0 fully saturated rings. The molecule has 0 amide bonds. The van der Waals surface area contributed by atoms with E-state index >= 15 is 0 Å². The van der Waals surface area contributed by atoms with Crippen LogP contribution in [0.2, 0.25) is 0 Å². The molecule has 3 rings (SSSR count). The summed E-state index contributed by atoms with van der Waals surface area (Å²) in [4.78, 5) is 0. The molecule has 3 aromatic rings. The molecule has 3 aromatic carbocycles. The van der Waals surface area contributed by atoms with E-state index in [2.05, 4.69) is 79.0 Å². The maximum absolute atomic E-state index is 3.51. The predicted molar refractivity (Wildman–Crippen MR) is 92.0 cm³/mol. The third kappa shape index (κ3) is 3.25. The van der Waals surface area contributed by atoms with Gasteiger partial charge in [-0.3, -0.25) is 0 Å². The second-order valence-corrected chi connectivity index (χ2v) is 5.37. The predicted octanol–water partition coefficient (Wildman–Crippen LogP) is 5.06. The van der Waals surface area contributed by atoms with Crippen LogP contribution in [0, 0.1) is 0 Å². The van der Waals surface area contributed by atoms with Crippen LogP contribution in [-0.4, -0.2) is 6.54 Å². The van der Waals surface area contributed by atoms with Gasteiger partial charge in [-0.05, 0) is 46.9 Å². The second kappa shape index (κ2) is 6.45. The van der Waals surface area contributed by atoms with Crippen LogP contribution in [0.15, 0.2) is 66.7 Å². The van der Waals surface area contributed by atoms with E-state index in [9.17, 15) is 0 Å². The van der Waals surface area contributed by atoms with E-state index in [0.717, 1.165) is 19.4 Å². The Bertz CT molecular complexity index is 708. The minimum atomic E-state index is 0.958. The Morgan fingerprint density at radius 2 is 1.57 bits per heavy atom. The molecule has 1 N–H and O–H groups in total. The molecule has 0 unspecified atom stereocenters. The SMILES string of the molecule is CCc1ccc(NCCc2cccc3ccccc23)cc1. The Labute approximate surface area is 126 Å². The van der Waals surface area contributed by atoms with Crippen LogP contribution in [-0.2, 0) is 12.8 Å². The van der Waals surface area contributed by atoms with Crippen LogP contribution < -0.4 is 5.32 Å². The maximum atomic E-state index is 3.51.